The third-order valence-corrected chi connectivity index (χ3v) is 5.61. The Morgan fingerprint density at radius 1 is 0.964 bits per heavy atom. The Bertz CT molecular complexity index is 861. The lowest BCUT2D eigenvalue weighted by Gasteiger charge is -2.30. The number of anilines is 1. The normalized spacial score (nSPS) is 10.5. The van der Waals surface area contributed by atoms with Crippen LogP contribution in [0, 0.1) is 6.92 Å². The first kappa shape index (κ1) is 21.8. The van der Waals surface area contributed by atoms with Crippen molar-refractivity contribution in [3.05, 3.63) is 47.0 Å². The van der Waals surface area contributed by atoms with Crippen LogP contribution in [-0.4, -0.2) is 45.5 Å². The number of carbonyl (C=O) groups excluding carboxylic acids is 2. The summed E-state index contributed by atoms with van der Waals surface area (Å²) >= 11 is 1.43. The number of ether oxygens (including phenoxy) is 2. The first-order valence-corrected chi connectivity index (χ1v) is 10.4. The third kappa shape index (κ3) is 3.87. The Kier molecular flexibility index (Phi) is 7.52. The van der Waals surface area contributed by atoms with Crippen molar-refractivity contribution in [1.82, 2.24) is 0 Å². The van der Waals surface area contributed by atoms with Crippen molar-refractivity contribution in [3.63, 3.8) is 0 Å². The van der Waals surface area contributed by atoms with Gasteiger partial charge in [-0.1, -0.05) is 30.3 Å². The molecule has 0 bridgehead atoms. The van der Waals surface area contributed by atoms with E-state index in [4.69, 9.17) is 9.47 Å². The van der Waals surface area contributed by atoms with Crippen LogP contribution in [-0.2, 0) is 9.47 Å². The van der Waals surface area contributed by atoms with Crippen molar-refractivity contribution in [2.45, 2.75) is 25.7 Å². The number of rotatable bonds is 7. The Morgan fingerprint density at radius 3 is 1.96 bits per heavy atom. The van der Waals surface area contributed by atoms with Crippen LogP contribution in [0.25, 0.3) is 11.1 Å². The van der Waals surface area contributed by atoms with Gasteiger partial charge in [0.1, 0.15) is 0 Å². The van der Waals surface area contributed by atoms with Crippen molar-refractivity contribution >= 4 is 29.4 Å². The Morgan fingerprint density at radius 2 is 1.50 bits per heavy atom. The van der Waals surface area contributed by atoms with E-state index in [0.29, 0.717) is 10.5 Å². The second-order valence-electron chi connectivity index (χ2n) is 6.15. The summed E-state index contributed by atoms with van der Waals surface area (Å²) < 4.78 is 10.1. The molecule has 2 rings (SSSR count). The molecule has 0 N–H and O–H groups in total. The lowest BCUT2D eigenvalue weighted by atomic mass is 9.91. The molecule has 0 aliphatic carbocycles. The van der Waals surface area contributed by atoms with Crippen LogP contribution in [0.3, 0.4) is 0 Å². The van der Waals surface area contributed by atoms with Gasteiger partial charge in [0, 0.05) is 29.2 Å². The van der Waals surface area contributed by atoms with Crippen LogP contribution >= 0.6 is 11.8 Å². The van der Waals surface area contributed by atoms with Gasteiger partial charge in [0.15, 0.2) is 0 Å². The summed E-state index contributed by atoms with van der Waals surface area (Å²) in [7, 11) is 2.65. The predicted octanol–water partition coefficient (Wildman–Crippen LogP) is 4.80. The quantitative estimate of drug-likeness (QED) is 0.490. The van der Waals surface area contributed by atoms with Crippen LogP contribution in [0.15, 0.2) is 35.2 Å². The summed E-state index contributed by atoms with van der Waals surface area (Å²) in [6.07, 6.45) is 1.90. The topological polar surface area (TPSA) is 55.8 Å². The number of benzene rings is 2. The van der Waals surface area contributed by atoms with Crippen LogP contribution in [0.2, 0.25) is 0 Å². The number of hydrogen-bond acceptors (Lipinski definition) is 6. The van der Waals surface area contributed by atoms with Gasteiger partial charge in [-0.05, 0) is 38.2 Å². The zero-order valence-corrected chi connectivity index (χ0v) is 18.1. The van der Waals surface area contributed by atoms with E-state index in [2.05, 4.69) is 18.7 Å². The molecule has 0 fully saturated rings. The molecule has 0 saturated carbocycles. The summed E-state index contributed by atoms with van der Waals surface area (Å²) in [6.45, 7) is 7.54. The molecule has 2 aromatic rings. The first-order chi connectivity index (χ1) is 13.5. The summed E-state index contributed by atoms with van der Waals surface area (Å²) in [4.78, 5) is 28.3. The molecular weight excluding hydrogens is 374 g/mol. The van der Waals surface area contributed by atoms with E-state index in [1.54, 1.807) is 0 Å². The number of thioether (sulfide) groups is 1. The molecule has 150 valence electrons. The van der Waals surface area contributed by atoms with Gasteiger partial charge in [-0.25, -0.2) is 9.59 Å². The number of nitrogens with zero attached hydrogens (tertiary/aromatic N) is 1. The SMILES string of the molecule is CCN(CC)c1c(C)c(C(=O)OC)c(C(=O)OC)c(SC)c1-c1ccccc1. The van der Waals surface area contributed by atoms with E-state index in [9.17, 15) is 9.59 Å². The van der Waals surface area contributed by atoms with Crippen LogP contribution < -0.4 is 4.90 Å². The molecule has 0 radical (unpaired) electrons. The summed E-state index contributed by atoms with van der Waals surface area (Å²) in [5.74, 6) is -1.09. The largest absolute Gasteiger partial charge is 0.465 e. The van der Waals surface area contributed by atoms with Gasteiger partial charge in [-0.2, -0.15) is 0 Å². The molecule has 0 aromatic heterocycles. The van der Waals surface area contributed by atoms with Gasteiger partial charge in [-0.15, -0.1) is 11.8 Å². The molecule has 0 spiro atoms. The van der Waals surface area contributed by atoms with Crippen molar-refractivity contribution in [2.24, 2.45) is 0 Å². The van der Waals surface area contributed by atoms with E-state index in [0.717, 1.165) is 29.9 Å². The average Bonchev–Trinajstić information content (AvgIpc) is 2.74. The standard InChI is InChI=1S/C22H27NO4S/c1-7-23(8-2)19-14(3)16(21(24)26-4)18(22(25)27-5)20(28-6)17(19)15-12-10-9-11-13-15/h9-13H,7-8H2,1-6H3. The van der Waals surface area contributed by atoms with Crippen LogP contribution in [0.4, 0.5) is 5.69 Å². The highest BCUT2D eigenvalue weighted by atomic mass is 32.2. The highest BCUT2D eigenvalue weighted by Crippen LogP contribution is 2.45. The van der Waals surface area contributed by atoms with Gasteiger partial charge in [-0.3, -0.25) is 0 Å². The van der Waals surface area contributed by atoms with E-state index < -0.39 is 11.9 Å². The summed E-state index contributed by atoms with van der Waals surface area (Å²) in [6, 6.07) is 9.91. The van der Waals surface area contributed by atoms with Crippen LogP contribution in [0.1, 0.15) is 40.1 Å². The van der Waals surface area contributed by atoms with Gasteiger partial charge >= 0.3 is 11.9 Å². The molecule has 0 aliphatic rings. The van der Waals surface area contributed by atoms with Gasteiger partial charge in [0.25, 0.3) is 0 Å². The smallest absolute Gasteiger partial charge is 0.339 e. The minimum Gasteiger partial charge on any atom is -0.465 e. The molecule has 0 amide bonds. The highest BCUT2D eigenvalue weighted by molar-refractivity contribution is 7.98. The van der Waals surface area contributed by atoms with Gasteiger partial charge < -0.3 is 14.4 Å². The zero-order chi connectivity index (χ0) is 20.8. The molecule has 5 nitrogen and oxygen atoms in total. The fraction of sp³-hybridized carbons (Fsp3) is 0.364. The van der Waals surface area contributed by atoms with Crippen LogP contribution in [0.5, 0.6) is 0 Å². The van der Waals surface area contributed by atoms with Crippen molar-refractivity contribution < 1.29 is 19.1 Å². The van der Waals surface area contributed by atoms with Gasteiger partial charge in [0.05, 0.1) is 25.3 Å². The minimum atomic E-state index is -0.545. The van der Waals surface area contributed by atoms with E-state index >= 15 is 0 Å². The second-order valence-corrected chi connectivity index (χ2v) is 6.97. The maximum atomic E-state index is 12.7. The lowest BCUT2D eigenvalue weighted by molar-refractivity contribution is 0.0551. The molecule has 2 aromatic carbocycles. The molecule has 0 aliphatic heterocycles. The van der Waals surface area contributed by atoms with Crippen molar-refractivity contribution in [1.29, 1.82) is 0 Å². The summed E-state index contributed by atoms with van der Waals surface area (Å²) in [5.41, 5.74) is 4.09. The Balaban J connectivity index is 3.10. The van der Waals surface area contributed by atoms with E-state index in [-0.39, 0.29) is 11.1 Å². The molecule has 28 heavy (non-hydrogen) atoms. The molecule has 6 heteroatoms. The molecule has 0 heterocycles. The monoisotopic (exact) mass is 401 g/mol. The highest BCUT2D eigenvalue weighted by Gasteiger charge is 2.32. The second kappa shape index (κ2) is 9.64. The fourth-order valence-corrected chi connectivity index (χ4v) is 4.31. The van der Waals surface area contributed by atoms with Gasteiger partial charge in [0.2, 0.25) is 0 Å². The zero-order valence-electron chi connectivity index (χ0n) is 17.3. The number of esters is 2. The Hall–Kier alpha value is -2.47. The molecule has 0 atom stereocenters. The number of carbonyl (C=O) groups is 2. The van der Waals surface area contributed by atoms with Crippen molar-refractivity contribution in [3.8, 4) is 11.1 Å². The number of hydrogen-bond donors (Lipinski definition) is 0. The maximum Gasteiger partial charge on any atom is 0.339 e. The lowest BCUT2D eigenvalue weighted by Crippen LogP contribution is -2.26. The van der Waals surface area contributed by atoms with E-state index in [1.165, 1.54) is 26.0 Å². The average molecular weight is 402 g/mol. The Labute approximate surface area is 171 Å². The minimum absolute atomic E-state index is 0.258. The fourth-order valence-electron chi connectivity index (χ4n) is 3.51. The third-order valence-electron chi connectivity index (χ3n) is 4.80. The van der Waals surface area contributed by atoms with E-state index in [1.807, 2.05) is 43.5 Å². The first-order valence-electron chi connectivity index (χ1n) is 9.18. The summed E-state index contributed by atoms with van der Waals surface area (Å²) in [5, 5.41) is 0. The molecule has 0 saturated heterocycles. The predicted molar refractivity (Wildman–Crippen MR) is 115 cm³/mol. The van der Waals surface area contributed by atoms with Crippen molar-refractivity contribution in [2.75, 3.05) is 38.5 Å². The number of methoxy groups -OCH3 is 2. The molecular formula is C22H27NO4S. The molecule has 0 unspecified atom stereocenters. The maximum absolute atomic E-state index is 12.7.